The lowest BCUT2D eigenvalue weighted by Gasteiger charge is -2.15. The monoisotopic (exact) mass is 206 g/mol. The molecule has 0 saturated carbocycles. The molecule has 1 atom stereocenters. The summed E-state index contributed by atoms with van der Waals surface area (Å²) < 4.78 is 19.8. The zero-order valence-corrected chi connectivity index (χ0v) is 8.69. The van der Waals surface area contributed by atoms with E-state index in [9.17, 15) is 0 Å². The standard InChI is InChI=1S/C6H12O3.C3H6O2/c1-6(2)8-4-5(3-7)9-6;1-2-5-3-4-1/h5,7H,3-4H2,1-2H3;1-3H2. The molecule has 2 aliphatic heterocycles. The van der Waals surface area contributed by atoms with Crippen LogP contribution in [-0.4, -0.2) is 50.2 Å². The number of rotatable bonds is 1. The molecule has 0 aromatic heterocycles. The number of aliphatic hydroxyl groups excluding tert-OH is 1. The van der Waals surface area contributed by atoms with E-state index < -0.39 is 5.79 Å². The fourth-order valence-corrected chi connectivity index (χ4v) is 1.15. The first-order valence-corrected chi connectivity index (χ1v) is 4.72. The lowest BCUT2D eigenvalue weighted by molar-refractivity contribution is -0.142. The maximum atomic E-state index is 8.59. The van der Waals surface area contributed by atoms with Gasteiger partial charge in [0.1, 0.15) is 12.9 Å². The highest BCUT2D eigenvalue weighted by molar-refractivity contribution is 4.69. The Hall–Kier alpha value is -0.200. The van der Waals surface area contributed by atoms with Crippen LogP contribution in [0.3, 0.4) is 0 Å². The van der Waals surface area contributed by atoms with Crippen molar-refractivity contribution in [3.05, 3.63) is 0 Å². The maximum Gasteiger partial charge on any atom is 0.163 e. The molecule has 5 heteroatoms. The van der Waals surface area contributed by atoms with E-state index in [0.717, 1.165) is 13.2 Å². The van der Waals surface area contributed by atoms with Gasteiger partial charge < -0.3 is 24.1 Å². The molecule has 2 aliphatic rings. The molecular weight excluding hydrogens is 188 g/mol. The Morgan fingerprint density at radius 3 is 2.14 bits per heavy atom. The smallest absolute Gasteiger partial charge is 0.163 e. The van der Waals surface area contributed by atoms with Crippen LogP contribution in [0.2, 0.25) is 0 Å². The Kier molecular flexibility index (Phi) is 4.77. The van der Waals surface area contributed by atoms with Crippen molar-refractivity contribution in [2.75, 3.05) is 33.2 Å². The molecule has 0 spiro atoms. The fraction of sp³-hybridized carbons (Fsp3) is 1.00. The Balaban J connectivity index is 0.000000165. The van der Waals surface area contributed by atoms with Crippen molar-refractivity contribution < 1.29 is 24.1 Å². The van der Waals surface area contributed by atoms with Crippen LogP contribution in [0.25, 0.3) is 0 Å². The van der Waals surface area contributed by atoms with Crippen LogP contribution < -0.4 is 0 Å². The van der Waals surface area contributed by atoms with E-state index in [1.165, 1.54) is 0 Å². The average molecular weight is 206 g/mol. The minimum atomic E-state index is -0.493. The molecule has 0 aromatic carbocycles. The van der Waals surface area contributed by atoms with Gasteiger partial charge in [0.25, 0.3) is 0 Å². The van der Waals surface area contributed by atoms with E-state index in [-0.39, 0.29) is 12.7 Å². The SMILES string of the molecule is C1COCO1.CC1(C)OCC(CO)O1. The van der Waals surface area contributed by atoms with Crippen LogP contribution in [0.4, 0.5) is 0 Å². The predicted molar refractivity (Wildman–Crippen MR) is 48.8 cm³/mol. The topological polar surface area (TPSA) is 57.2 Å². The van der Waals surface area contributed by atoms with Gasteiger partial charge in [0.05, 0.1) is 26.4 Å². The summed E-state index contributed by atoms with van der Waals surface area (Å²) in [6.07, 6.45) is -0.125. The van der Waals surface area contributed by atoms with Gasteiger partial charge in [0.2, 0.25) is 0 Å². The second kappa shape index (κ2) is 5.63. The molecule has 5 nitrogen and oxygen atoms in total. The van der Waals surface area contributed by atoms with Crippen molar-refractivity contribution in [3.8, 4) is 0 Å². The van der Waals surface area contributed by atoms with Gasteiger partial charge in [-0.05, 0) is 13.8 Å². The Morgan fingerprint density at radius 1 is 1.29 bits per heavy atom. The Bertz CT molecular complexity index is 148. The van der Waals surface area contributed by atoms with Crippen LogP contribution in [0.15, 0.2) is 0 Å². The van der Waals surface area contributed by atoms with Crippen LogP contribution in [0.5, 0.6) is 0 Å². The van der Waals surface area contributed by atoms with E-state index in [1.807, 2.05) is 13.8 Å². The average Bonchev–Trinajstić information content (AvgIpc) is 2.76. The predicted octanol–water partition coefficient (Wildman–Crippen LogP) is 0.121. The van der Waals surface area contributed by atoms with Gasteiger partial charge in [-0.3, -0.25) is 0 Å². The number of hydrogen-bond donors (Lipinski definition) is 1. The summed E-state index contributed by atoms with van der Waals surface area (Å²) in [6, 6.07) is 0. The van der Waals surface area contributed by atoms with E-state index in [4.69, 9.17) is 24.1 Å². The summed E-state index contributed by atoms with van der Waals surface area (Å²) in [5, 5.41) is 8.59. The first-order valence-electron chi connectivity index (χ1n) is 4.72. The van der Waals surface area contributed by atoms with Crippen molar-refractivity contribution in [3.63, 3.8) is 0 Å². The third-order valence-corrected chi connectivity index (χ3v) is 1.81. The largest absolute Gasteiger partial charge is 0.394 e. The van der Waals surface area contributed by atoms with Gasteiger partial charge in [0, 0.05) is 0 Å². The van der Waals surface area contributed by atoms with E-state index >= 15 is 0 Å². The first kappa shape index (κ1) is 11.9. The highest BCUT2D eigenvalue weighted by Crippen LogP contribution is 2.21. The molecule has 0 amide bonds. The van der Waals surface area contributed by atoms with Gasteiger partial charge in [-0.15, -0.1) is 0 Å². The van der Waals surface area contributed by atoms with Crippen molar-refractivity contribution in [1.82, 2.24) is 0 Å². The van der Waals surface area contributed by atoms with Crippen LogP contribution in [0.1, 0.15) is 13.8 Å². The molecule has 2 heterocycles. The second-order valence-electron chi connectivity index (χ2n) is 3.57. The summed E-state index contributed by atoms with van der Waals surface area (Å²) >= 11 is 0. The van der Waals surface area contributed by atoms with Gasteiger partial charge in [0.15, 0.2) is 5.79 Å². The van der Waals surface area contributed by atoms with E-state index in [1.54, 1.807) is 0 Å². The van der Waals surface area contributed by atoms with Gasteiger partial charge in [-0.1, -0.05) is 0 Å². The molecular formula is C9H18O5. The third kappa shape index (κ3) is 4.34. The molecule has 2 saturated heterocycles. The Morgan fingerprint density at radius 2 is 1.93 bits per heavy atom. The minimum absolute atomic E-state index is 0.0451. The zero-order chi connectivity index (χ0) is 10.4. The molecule has 2 fully saturated rings. The molecule has 1 unspecified atom stereocenters. The quantitative estimate of drug-likeness (QED) is 0.660. The van der Waals surface area contributed by atoms with Crippen molar-refractivity contribution in [2.24, 2.45) is 0 Å². The summed E-state index contributed by atoms with van der Waals surface area (Å²) in [6.45, 7) is 6.28. The molecule has 2 rings (SSSR count). The number of ether oxygens (including phenoxy) is 4. The summed E-state index contributed by atoms with van der Waals surface area (Å²) in [7, 11) is 0. The molecule has 0 aliphatic carbocycles. The van der Waals surface area contributed by atoms with Crippen molar-refractivity contribution >= 4 is 0 Å². The fourth-order valence-electron chi connectivity index (χ4n) is 1.15. The maximum absolute atomic E-state index is 8.59. The minimum Gasteiger partial charge on any atom is -0.394 e. The Labute approximate surface area is 83.9 Å². The molecule has 14 heavy (non-hydrogen) atoms. The van der Waals surface area contributed by atoms with Gasteiger partial charge in [-0.25, -0.2) is 0 Å². The second-order valence-corrected chi connectivity index (χ2v) is 3.57. The van der Waals surface area contributed by atoms with Gasteiger partial charge in [-0.2, -0.15) is 0 Å². The summed E-state index contributed by atoms with van der Waals surface area (Å²) in [5.41, 5.74) is 0. The van der Waals surface area contributed by atoms with E-state index in [2.05, 4.69) is 0 Å². The molecule has 84 valence electrons. The summed E-state index contributed by atoms with van der Waals surface area (Å²) in [4.78, 5) is 0. The number of hydrogen-bond acceptors (Lipinski definition) is 5. The highest BCUT2D eigenvalue weighted by atomic mass is 16.7. The van der Waals surface area contributed by atoms with Crippen molar-refractivity contribution in [2.45, 2.75) is 25.7 Å². The third-order valence-electron chi connectivity index (χ3n) is 1.81. The van der Waals surface area contributed by atoms with Crippen molar-refractivity contribution in [1.29, 1.82) is 0 Å². The van der Waals surface area contributed by atoms with Crippen LogP contribution >= 0.6 is 0 Å². The first-order chi connectivity index (χ1) is 6.64. The normalized spacial score (nSPS) is 29.8. The summed E-state index contributed by atoms with van der Waals surface area (Å²) in [5.74, 6) is -0.493. The molecule has 0 aromatic rings. The highest BCUT2D eigenvalue weighted by Gasteiger charge is 2.31. The van der Waals surface area contributed by atoms with Gasteiger partial charge >= 0.3 is 0 Å². The molecule has 0 radical (unpaired) electrons. The van der Waals surface area contributed by atoms with Crippen LogP contribution in [-0.2, 0) is 18.9 Å². The van der Waals surface area contributed by atoms with Crippen LogP contribution in [0, 0.1) is 0 Å². The molecule has 0 bridgehead atoms. The number of aliphatic hydroxyl groups is 1. The lowest BCUT2D eigenvalue weighted by atomic mass is 10.4. The molecule has 1 N–H and O–H groups in total. The van der Waals surface area contributed by atoms with E-state index in [0.29, 0.717) is 13.4 Å². The lowest BCUT2D eigenvalue weighted by Crippen LogP contribution is -2.22. The zero-order valence-electron chi connectivity index (χ0n) is 8.69.